The molecule has 4 heteroatoms. The minimum Gasteiger partial charge on any atom is -0.364 e. The van der Waals surface area contributed by atoms with Crippen molar-refractivity contribution in [1.82, 2.24) is 5.32 Å². The van der Waals surface area contributed by atoms with Crippen LogP contribution in [0.25, 0.3) is 0 Å². The second-order valence-corrected chi connectivity index (χ2v) is 7.35. The summed E-state index contributed by atoms with van der Waals surface area (Å²) in [5, 5.41) is 4.48. The van der Waals surface area contributed by atoms with Crippen LogP contribution in [-0.4, -0.2) is 30.5 Å². The van der Waals surface area contributed by atoms with Crippen molar-refractivity contribution in [2.24, 2.45) is 0 Å². The summed E-state index contributed by atoms with van der Waals surface area (Å²) >= 11 is 6.44. The van der Waals surface area contributed by atoms with Crippen LogP contribution in [0.4, 0.5) is 5.69 Å². The topological polar surface area (TPSA) is 32.3 Å². The van der Waals surface area contributed by atoms with Crippen LogP contribution in [0.15, 0.2) is 18.2 Å². The largest absolute Gasteiger partial charge is 0.364 e. The van der Waals surface area contributed by atoms with Crippen LogP contribution in [-0.2, 0) is 0 Å². The van der Waals surface area contributed by atoms with Crippen LogP contribution in [0.2, 0.25) is 5.02 Å². The minimum atomic E-state index is 0.0746. The predicted molar refractivity (Wildman–Crippen MR) is 87.4 cm³/mol. The molecule has 1 aromatic carbocycles. The monoisotopic (exact) mass is 306 g/mol. The lowest BCUT2D eigenvalue weighted by atomic mass is 9.83. The number of rotatable bonds is 2. The van der Waals surface area contributed by atoms with Gasteiger partial charge in [0, 0.05) is 29.7 Å². The van der Waals surface area contributed by atoms with Crippen molar-refractivity contribution in [3.05, 3.63) is 28.8 Å². The number of carbonyl (C=O) groups excluding carboxylic acids is 1. The zero-order valence-electron chi connectivity index (χ0n) is 12.7. The molecule has 1 heterocycles. The standard InChI is InChI=1S/C17H23ClN2O/c1-17(2)11-20(16-6-4-3-5-14(16)19-17)15-8-7-12(10-21)9-13(15)18/h7-10,14,16,19H,3-6,11H2,1-2H3/t14-,16+/m1/s1. The number of aldehydes is 1. The molecule has 1 aliphatic carbocycles. The summed E-state index contributed by atoms with van der Waals surface area (Å²) < 4.78 is 0. The van der Waals surface area contributed by atoms with E-state index < -0.39 is 0 Å². The number of anilines is 1. The van der Waals surface area contributed by atoms with Crippen LogP contribution in [0.1, 0.15) is 49.9 Å². The molecular formula is C17H23ClN2O. The lowest BCUT2D eigenvalue weighted by Gasteiger charge is -2.52. The fraction of sp³-hybridized carbons (Fsp3) is 0.588. The van der Waals surface area contributed by atoms with Gasteiger partial charge in [0.25, 0.3) is 0 Å². The highest BCUT2D eigenvalue weighted by atomic mass is 35.5. The summed E-state index contributed by atoms with van der Waals surface area (Å²) in [5.41, 5.74) is 1.78. The van der Waals surface area contributed by atoms with E-state index in [0.717, 1.165) is 18.5 Å². The number of halogens is 1. The Labute approximate surface area is 131 Å². The fourth-order valence-corrected chi connectivity index (χ4v) is 4.13. The Morgan fingerprint density at radius 2 is 2.10 bits per heavy atom. The van der Waals surface area contributed by atoms with Crippen molar-refractivity contribution in [3.63, 3.8) is 0 Å². The first kappa shape index (κ1) is 14.9. The molecule has 0 unspecified atom stereocenters. The molecule has 2 aliphatic rings. The molecule has 1 aliphatic heterocycles. The molecular weight excluding hydrogens is 284 g/mol. The lowest BCUT2D eigenvalue weighted by Crippen LogP contribution is -2.67. The third kappa shape index (κ3) is 2.95. The number of nitrogens with zero attached hydrogens (tertiary/aromatic N) is 1. The molecule has 1 saturated carbocycles. The number of carbonyl (C=O) groups is 1. The number of hydrogen-bond acceptors (Lipinski definition) is 3. The summed E-state index contributed by atoms with van der Waals surface area (Å²) in [6, 6.07) is 6.67. The Kier molecular flexibility index (Phi) is 3.98. The summed E-state index contributed by atoms with van der Waals surface area (Å²) in [6.07, 6.45) is 5.87. The average Bonchev–Trinajstić information content (AvgIpc) is 2.45. The van der Waals surface area contributed by atoms with Crippen LogP contribution < -0.4 is 10.2 Å². The van der Waals surface area contributed by atoms with Gasteiger partial charge in [-0.25, -0.2) is 0 Å². The summed E-state index contributed by atoms with van der Waals surface area (Å²) in [5.74, 6) is 0. The molecule has 21 heavy (non-hydrogen) atoms. The third-order valence-electron chi connectivity index (χ3n) is 4.69. The Bertz CT molecular complexity index is 544. The van der Waals surface area contributed by atoms with Crippen LogP contribution >= 0.6 is 11.6 Å². The molecule has 0 aromatic heterocycles. The maximum atomic E-state index is 10.9. The Balaban J connectivity index is 1.96. The van der Waals surface area contributed by atoms with E-state index in [1.165, 1.54) is 25.7 Å². The highest BCUT2D eigenvalue weighted by molar-refractivity contribution is 6.33. The van der Waals surface area contributed by atoms with Crippen LogP contribution in [0.5, 0.6) is 0 Å². The smallest absolute Gasteiger partial charge is 0.150 e. The van der Waals surface area contributed by atoms with Crippen molar-refractivity contribution in [1.29, 1.82) is 0 Å². The van der Waals surface area contributed by atoms with Crippen molar-refractivity contribution in [3.8, 4) is 0 Å². The SMILES string of the molecule is CC1(C)CN(c2ccc(C=O)cc2Cl)[C@H]2CCCC[C@H]2N1. The van der Waals surface area contributed by atoms with Gasteiger partial charge in [-0.2, -0.15) is 0 Å². The van der Waals surface area contributed by atoms with E-state index >= 15 is 0 Å². The average molecular weight is 307 g/mol. The Morgan fingerprint density at radius 3 is 2.81 bits per heavy atom. The van der Waals surface area contributed by atoms with Gasteiger partial charge in [-0.05, 0) is 44.9 Å². The van der Waals surface area contributed by atoms with Crippen LogP contribution in [0, 0.1) is 0 Å². The molecule has 1 N–H and O–H groups in total. The predicted octanol–water partition coefficient (Wildman–Crippen LogP) is 3.65. The minimum absolute atomic E-state index is 0.0746. The first-order valence-electron chi connectivity index (χ1n) is 7.79. The van der Waals surface area contributed by atoms with E-state index in [1.807, 2.05) is 12.1 Å². The molecule has 0 radical (unpaired) electrons. The van der Waals surface area contributed by atoms with Gasteiger partial charge in [0.15, 0.2) is 0 Å². The fourth-order valence-electron chi connectivity index (χ4n) is 3.84. The van der Waals surface area contributed by atoms with Crippen molar-refractivity contribution in [2.45, 2.75) is 57.2 Å². The molecule has 114 valence electrons. The molecule has 2 atom stereocenters. The van der Waals surface area contributed by atoms with E-state index in [0.29, 0.717) is 22.7 Å². The van der Waals surface area contributed by atoms with Crippen molar-refractivity contribution >= 4 is 23.6 Å². The summed E-state index contributed by atoms with van der Waals surface area (Å²) in [4.78, 5) is 13.4. The number of nitrogens with one attached hydrogen (secondary N) is 1. The molecule has 3 rings (SSSR count). The maximum absolute atomic E-state index is 10.9. The first-order chi connectivity index (χ1) is 10.00. The normalized spacial score (nSPS) is 28.0. The zero-order valence-corrected chi connectivity index (χ0v) is 13.5. The number of benzene rings is 1. The first-order valence-corrected chi connectivity index (χ1v) is 8.17. The van der Waals surface area contributed by atoms with Gasteiger partial charge >= 0.3 is 0 Å². The number of piperazine rings is 1. The second-order valence-electron chi connectivity index (χ2n) is 6.94. The van der Waals surface area contributed by atoms with Crippen molar-refractivity contribution in [2.75, 3.05) is 11.4 Å². The van der Waals surface area contributed by atoms with Crippen LogP contribution in [0.3, 0.4) is 0 Å². The van der Waals surface area contributed by atoms with E-state index in [4.69, 9.17) is 11.6 Å². The molecule has 0 spiro atoms. The van der Waals surface area contributed by atoms with E-state index in [-0.39, 0.29) is 5.54 Å². The second kappa shape index (κ2) is 5.62. The highest BCUT2D eigenvalue weighted by Crippen LogP contribution is 2.37. The number of hydrogen-bond donors (Lipinski definition) is 1. The third-order valence-corrected chi connectivity index (χ3v) is 4.99. The molecule has 3 nitrogen and oxygen atoms in total. The van der Waals surface area contributed by atoms with E-state index in [2.05, 4.69) is 24.1 Å². The van der Waals surface area contributed by atoms with E-state index in [1.54, 1.807) is 6.07 Å². The highest BCUT2D eigenvalue weighted by Gasteiger charge is 2.40. The van der Waals surface area contributed by atoms with Gasteiger partial charge in [-0.15, -0.1) is 0 Å². The quantitative estimate of drug-likeness (QED) is 0.847. The lowest BCUT2D eigenvalue weighted by molar-refractivity contribution is 0.112. The maximum Gasteiger partial charge on any atom is 0.150 e. The van der Waals surface area contributed by atoms with E-state index in [9.17, 15) is 4.79 Å². The molecule has 1 saturated heterocycles. The van der Waals surface area contributed by atoms with Gasteiger partial charge in [0.05, 0.1) is 10.7 Å². The Hall–Kier alpha value is -1.06. The molecule has 0 amide bonds. The summed E-state index contributed by atoms with van der Waals surface area (Å²) in [6.45, 7) is 5.44. The Morgan fingerprint density at radius 1 is 1.33 bits per heavy atom. The molecule has 2 fully saturated rings. The molecule has 0 bridgehead atoms. The van der Waals surface area contributed by atoms with Gasteiger partial charge in [-0.3, -0.25) is 4.79 Å². The zero-order chi connectivity index (χ0) is 15.0. The van der Waals surface area contributed by atoms with Gasteiger partial charge in [0.1, 0.15) is 6.29 Å². The van der Waals surface area contributed by atoms with Gasteiger partial charge < -0.3 is 10.2 Å². The molecule has 1 aromatic rings. The van der Waals surface area contributed by atoms with Gasteiger partial charge in [0.2, 0.25) is 0 Å². The number of fused-ring (bicyclic) bond motifs is 1. The van der Waals surface area contributed by atoms with Gasteiger partial charge in [-0.1, -0.05) is 24.4 Å². The summed E-state index contributed by atoms with van der Waals surface area (Å²) in [7, 11) is 0. The van der Waals surface area contributed by atoms with Crippen molar-refractivity contribution < 1.29 is 4.79 Å².